The number of rotatable bonds is 7. The number of nitrogens with one attached hydrogen (secondary N) is 1. The second kappa shape index (κ2) is 9.87. The van der Waals surface area contributed by atoms with Crippen molar-refractivity contribution >= 4 is 11.8 Å². The average molecular weight is 429 g/mol. The first-order valence-corrected chi connectivity index (χ1v) is 10.5. The van der Waals surface area contributed by atoms with Gasteiger partial charge in [-0.05, 0) is 55.2 Å². The monoisotopic (exact) mass is 429 g/mol. The number of carbonyl (C=O) groups excluding carboxylic acids is 2. The van der Waals surface area contributed by atoms with Gasteiger partial charge >= 0.3 is 0 Å². The maximum Gasteiger partial charge on any atom is 0.268 e. The largest absolute Gasteiger partial charge is 0.383 e. The van der Waals surface area contributed by atoms with Gasteiger partial charge in [-0.3, -0.25) is 19.0 Å². The highest BCUT2D eigenvalue weighted by atomic mass is 19.1. The zero-order valence-electron chi connectivity index (χ0n) is 18.1. The molecular formula is C23H28FN3O4. The van der Waals surface area contributed by atoms with Gasteiger partial charge in [0.15, 0.2) is 0 Å². The number of fused-ring (bicyclic) bond motifs is 1. The number of aromatic nitrogens is 1. The van der Waals surface area contributed by atoms with Crippen molar-refractivity contribution in [2.75, 3.05) is 20.3 Å². The lowest BCUT2D eigenvalue weighted by Gasteiger charge is -2.30. The second-order valence-corrected chi connectivity index (χ2v) is 7.80. The van der Waals surface area contributed by atoms with Crippen LogP contribution in [0.5, 0.6) is 0 Å². The summed E-state index contributed by atoms with van der Waals surface area (Å²) >= 11 is 0. The number of methoxy groups -OCH3 is 1. The molecule has 8 heteroatoms. The highest BCUT2D eigenvalue weighted by Crippen LogP contribution is 2.23. The summed E-state index contributed by atoms with van der Waals surface area (Å²) in [6.45, 7) is 4.83. The quantitative estimate of drug-likeness (QED) is 0.733. The van der Waals surface area contributed by atoms with Crippen molar-refractivity contribution in [3.63, 3.8) is 0 Å². The van der Waals surface area contributed by atoms with E-state index in [4.69, 9.17) is 4.74 Å². The van der Waals surface area contributed by atoms with Crippen LogP contribution in [0.15, 0.2) is 35.3 Å². The van der Waals surface area contributed by atoms with Crippen LogP contribution in [0.3, 0.4) is 0 Å². The number of amides is 2. The minimum atomic E-state index is -0.476. The minimum absolute atomic E-state index is 0.0485. The summed E-state index contributed by atoms with van der Waals surface area (Å²) in [4.78, 5) is 40.6. The third-order valence-corrected chi connectivity index (χ3v) is 5.34. The molecule has 1 atom stereocenters. The molecule has 1 aromatic carbocycles. The molecule has 0 fully saturated rings. The topological polar surface area (TPSA) is 80.6 Å². The van der Waals surface area contributed by atoms with Gasteiger partial charge in [-0.1, -0.05) is 6.92 Å². The van der Waals surface area contributed by atoms with Crippen molar-refractivity contribution in [1.82, 2.24) is 14.8 Å². The lowest BCUT2D eigenvalue weighted by atomic mass is 9.95. The average Bonchev–Trinajstić information content (AvgIpc) is 2.74. The van der Waals surface area contributed by atoms with E-state index in [9.17, 15) is 18.8 Å². The van der Waals surface area contributed by atoms with E-state index in [2.05, 4.69) is 5.32 Å². The van der Waals surface area contributed by atoms with Crippen LogP contribution in [-0.2, 0) is 22.5 Å². The van der Waals surface area contributed by atoms with E-state index in [0.29, 0.717) is 43.8 Å². The number of ether oxygens (including phenoxy) is 1. The number of hydrogen-bond acceptors (Lipinski definition) is 4. The summed E-state index contributed by atoms with van der Waals surface area (Å²) in [6, 6.07) is 5.22. The van der Waals surface area contributed by atoms with Crippen LogP contribution >= 0.6 is 0 Å². The van der Waals surface area contributed by atoms with Crippen LogP contribution < -0.4 is 10.9 Å². The maximum atomic E-state index is 13.4. The van der Waals surface area contributed by atoms with Gasteiger partial charge in [0, 0.05) is 44.5 Å². The zero-order chi connectivity index (χ0) is 22.5. The van der Waals surface area contributed by atoms with E-state index in [1.54, 1.807) is 18.0 Å². The molecule has 2 aromatic rings. The Kier molecular flexibility index (Phi) is 7.22. The molecule has 0 radical (unpaired) electrons. The molecule has 2 amide bonds. The Morgan fingerprint density at radius 3 is 2.61 bits per heavy atom. The van der Waals surface area contributed by atoms with Gasteiger partial charge in [0.2, 0.25) is 5.91 Å². The third kappa shape index (κ3) is 5.02. The molecule has 0 bridgehead atoms. The molecule has 7 nitrogen and oxygen atoms in total. The Labute approximate surface area is 180 Å². The zero-order valence-corrected chi connectivity index (χ0v) is 18.1. The highest BCUT2D eigenvalue weighted by Gasteiger charge is 2.28. The smallest absolute Gasteiger partial charge is 0.268 e. The van der Waals surface area contributed by atoms with E-state index in [1.165, 1.54) is 35.9 Å². The van der Waals surface area contributed by atoms with E-state index in [-0.39, 0.29) is 17.5 Å². The number of benzene rings is 1. The fourth-order valence-corrected chi connectivity index (χ4v) is 3.86. The van der Waals surface area contributed by atoms with Gasteiger partial charge in [0.1, 0.15) is 11.4 Å². The van der Waals surface area contributed by atoms with Crippen molar-refractivity contribution in [2.45, 2.75) is 45.7 Å². The van der Waals surface area contributed by atoms with Crippen LogP contribution in [0, 0.1) is 5.82 Å². The van der Waals surface area contributed by atoms with Crippen LogP contribution in [-0.4, -0.2) is 47.6 Å². The highest BCUT2D eigenvalue weighted by molar-refractivity contribution is 5.96. The molecule has 2 heterocycles. The molecule has 0 spiro atoms. The van der Waals surface area contributed by atoms with Gasteiger partial charge in [0.05, 0.1) is 6.61 Å². The first-order chi connectivity index (χ1) is 14.8. The van der Waals surface area contributed by atoms with E-state index in [1.807, 2.05) is 6.92 Å². The van der Waals surface area contributed by atoms with Crippen molar-refractivity contribution in [1.29, 1.82) is 0 Å². The molecule has 1 aliphatic rings. The molecule has 1 aliphatic heterocycles. The predicted octanol–water partition coefficient (Wildman–Crippen LogP) is 2.43. The maximum absolute atomic E-state index is 13.4. The molecule has 0 saturated heterocycles. The predicted molar refractivity (Wildman–Crippen MR) is 115 cm³/mol. The molecule has 0 saturated carbocycles. The Bertz CT molecular complexity index is 1020. The summed E-state index contributed by atoms with van der Waals surface area (Å²) in [5.74, 6) is -0.847. The summed E-state index contributed by atoms with van der Waals surface area (Å²) in [7, 11) is 1.54. The first kappa shape index (κ1) is 22.7. The Hall–Kier alpha value is -3.00. The summed E-state index contributed by atoms with van der Waals surface area (Å²) in [5.41, 5.74) is 1.44. The van der Waals surface area contributed by atoms with Crippen molar-refractivity contribution in [3.8, 4) is 5.69 Å². The van der Waals surface area contributed by atoms with Gasteiger partial charge in [-0.15, -0.1) is 0 Å². The van der Waals surface area contributed by atoms with Crippen molar-refractivity contribution < 1.29 is 18.7 Å². The molecular weight excluding hydrogens is 401 g/mol. The summed E-state index contributed by atoms with van der Waals surface area (Å²) in [5, 5.41) is 2.81. The second-order valence-electron chi connectivity index (χ2n) is 7.80. The standard InChI is InChI=1S/C23H28FN3O4/c1-4-5-20(28)26-11-10-19-16(12-26)13-27(18-8-6-17(24)7-9-18)23(30)21(19)22(29)25-15(2)14-31-3/h6-9,13,15H,4-5,10-12,14H2,1-3H3,(H,25,29). The van der Waals surface area contributed by atoms with Gasteiger partial charge in [-0.2, -0.15) is 0 Å². The van der Waals surface area contributed by atoms with Gasteiger partial charge in [0.25, 0.3) is 11.5 Å². The number of halogens is 1. The van der Waals surface area contributed by atoms with Crippen LogP contribution in [0.2, 0.25) is 0 Å². The molecule has 3 rings (SSSR count). The molecule has 1 N–H and O–H groups in total. The van der Waals surface area contributed by atoms with E-state index < -0.39 is 17.3 Å². The normalized spacial score (nSPS) is 14.1. The van der Waals surface area contributed by atoms with Crippen LogP contribution in [0.1, 0.15) is 48.2 Å². The Morgan fingerprint density at radius 1 is 1.26 bits per heavy atom. The SMILES string of the molecule is CCCC(=O)N1CCc2c(cn(-c3ccc(F)cc3)c(=O)c2C(=O)NC(C)COC)C1. The Morgan fingerprint density at radius 2 is 1.97 bits per heavy atom. The third-order valence-electron chi connectivity index (χ3n) is 5.34. The summed E-state index contributed by atoms with van der Waals surface area (Å²) in [6.07, 6.45) is 3.29. The molecule has 0 aliphatic carbocycles. The lowest BCUT2D eigenvalue weighted by Crippen LogP contribution is -2.43. The number of carbonyl (C=O) groups is 2. The number of nitrogens with zero attached hydrogens (tertiary/aromatic N) is 2. The van der Waals surface area contributed by atoms with Crippen LogP contribution in [0.25, 0.3) is 5.69 Å². The van der Waals surface area contributed by atoms with E-state index in [0.717, 1.165) is 12.0 Å². The number of pyridine rings is 1. The first-order valence-electron chi connectivity index (χ1n) is 10.5. The van der Waals surface area contributed by atoms with Crippen molar-refractivity contribution in [2.24, 2.45) is 0 Å². The lowest BCUT2D eigenvalue weighted by molar-refractivity contribution is -0.132. The van der Waals surface area contributed by atoms with Gasteiger partial charge < -0.3 is 15.0 Å². The van der Waals surface area contributed by atoms with E-state index >= 15 is 0 Å². The fraction of sp³-hybridized carbons (Fsp3) is 0.435. The molecule has 31 heavy (non-hydrogen) atoms. The minimum Gasteiger partial charge on any atom is -0.383 e. The van der Waals surface area contributed by atoms with Gasteiger partial charge in [-0.25, -0.2) is 4.39 Å². The number of hydrogen-bond donors (Lipinski definition) is 1. The fourth-order valence-electron chi connectivity index (χ4n) is 3.86. The van der Waals surface area contributed by atoms with Crippen LogP contribution in [0.4, 0.5) is 4.39 Å². The Balaban J connectivity index is 2.08. The molecule has 166 valence electrons. The molecule has 1 aromatic heterocycles. The molecule has 1 unspecified atom stereocenters. The summed E-state index contributed by atoms with van der Waals surface area (Å²) < 4.78 is 19.8. The van der Waals surface area contributed by atoms with Crippen molar-refractivity contribution in [3.05, 3.63) is 63.3 Å².